The molecule has 0 bridgehead atoms. The lowest BCUT2D eigenvalue weighted by atomic mass is 10.1. The highest BCUT2D eigenvalue weighted by Gasteiger charge is 2.04. The third kappa shape index (κ3) is 3.29. The van der Waals surface area contributed by atoms with Crippen molar-refractivity contribution in [2.45, 2.75) is 33.2 Å². The Hall–Kier alpha value is -1.42. The van der Waals surface area contributed by atoms with Crippen LogP contribution in [0.5, 0.6) is 0 Å². The Kier molecular flexibility index (Phi) is 4.31. The summed E-state index contributed by atoms with van der Waals surface area (Å²) in [4.78, 5) is 7.53. The van der Waals surface area contributed by atoms with Crippen LogP contribution >= 0.6 is 0 Å². The number of hydrogen-bond donors (Lipinski definition) is 2. The van der Waals surface area contributed by atoms with Crippen molar-refractivity contribution in [2.75, 3.05) is 6.54 Å². The molecule has 1 unspecified atom stereocenters. The summed E-state index contributed by atoms with van der Waals surface area (Å²) in [5.41, 5.74) is 1.57. The van der Waals surface area contributed by atoms with Crippen LogP contribution in [0.25, 0.3) is 11.0 Å². The van der Waals surface area contributed by atoms with Crippen LogP contribution in [0, 0.1) is 11.7 Å². The normalized spacial score (nSPS) is 13.1. The van der Waals surface area contributed by atoms with Crippen molar-refractivity contribution in [1.82, 2.24) is 15.3 Å². The van der Waals surface area contributed by atoms with Crippen LogP contribution in [-0.2, 0) is 6.54 Å². The van der Waals surface area contributed by atoms with E-state index < -0.39 is 0 Å². The third-order valence-electron chi connectivity index (χ3n) is 3.30. The Balaban J connectivity index is 1.88. The first-order chi connectivity index (χ1) is 8.69. The molecule has 1 aromatic carbocycles. The number of imidazole rings is 1. The molecule has 1 heterocycles. The van der Waals surface area contributed by atoms with E-state index >= 15 is 0 Å². The molecule has 2 rings (SSSR count). The fraction of sp³-hybridized carbons (Fsp3) is 0.500. The van der Waals surface area contributed by atoms with Gasteiger partial charge in [-0.05, 0) is 37.1 Å². The summed E-state index contributed by atoms with van der Waals surface area (Å²) in [6.07, 6.45) is 2.39. The second kappa shape index (κ2) is 5.96. The molecule has 0 aliphatic heterocycles. The minimum Gasteiger partial charge on any atom is -0.341 e. The number of aromatic amines is 1. The van der Waals surface area contributed by atoms with Gasteiger partial charge in [0.15, 0.2) is 0 Å². The molecule has 0 saturated heterocycles. The number of aromatic nitrogens is 2. The number of fused-ring (bicyclic) bond motifs is 1. The summed E-state index contributed by atoms with van der Waals surface area (Å²) < 4.78 is 13.0. The summed E-state index contributed by atoms with van der Waals surface area (Å²) in [6.45, 7) is 6.15. The van der Waals surface area contributed by atoms with E-state index in [0.29, 0.717) is 6.54 Å². The van der Waals surface area contributed by atoms with E-state index in [0.717, 1.165) is 29.3 Å². The number of halogens is 1. The molecule has 4 heteroatoms. The third-order valence-corrected chi connectivity index (χ3v) is 3.30. The van der Waals surface area contributed by atoms with E-state index in [1.165, 1.54) is 25.0 Å². The minimum absolute atomic E-state index is 0.234. The van der Waals surface area contributed by atoms with Gasteiger partial charge in [0, 0.05) is 0 Å². The second-order valence-electron chi connectivity index (χ2n) is 4.82. The summed E-state index contributed by atoms with van der Waals surface area (Å²) >= 11 is 0. The highest BCUT2D eigenvalue weighted by Crippen LogP contribution is 2.12. The van der Waals surface area contributed by atoms with Gasteiger partial charge in [0.05, 0.1) is 17.6 Å². The molecular formula is C14H20FN3. The van der Waals surface area contributed by atoms with Crippen molar-refractivity contribution in [3.8, 4) is 0 Å². The molecule has 1 atom stereocenters. The largest absolute Gasteiger partial charge is 0.341 e. The zero-order valence-electron chi connectivity index (χ0n) is 11.0. The maximum Gasteiger partial charge on any atom is 0.125 e. The Morgan fingerprint density at radius 3 is 3.06 bits per heavy atom. The second-order valence-corrected chi connectivity index (χ2v) is 4.82. The quantitative estimate of drug-likeness (QED) is 0.772. The van der Waals surface area contributed by atoms with Crippen LogP contribution in [-0.4, -0.2) is 16.5 Å². The molecule has 18 heavy (non-hydrogen) atoms. The van der Waals surface area contributed by atoms with Gasteiger partial charge in [-0.1, -0.05) is 20.3 Å². The fourth-order valence-corrected chi connectivity index (χ4v) is 1.88. The van der Waals surface area contributed by atoms with Gasteiger partial charge in [0.1, 0.15) is 11.6 Å². The molecule has 3 nitrogen and oxygen atoms in total. The van der Waals surface area contributed by atoms with Crippen molar-refractivity contribution in [1.29, 1.82) is 0 Å². The van der Waals surface area contributed by atoms with E-state index in [9.17, 15) is 4.39 Å². The first kappa shape index (κ1) is 13.0. The summed E-state index contributed by atoms with van der Waals surface area (Å²) in [6, 6.07) is 4.61. The fourth-order valence-electron chi connectivity index (χ4n) is 1.88. The van der Waals surface area contributed by atoms with Crippen LogP contribution < -0.4 is 5.32 Å². The summed E-state index contributed by atoms with van der Waals surface area (Å²) in [5.74, 6) is 1.38. The summed E-state index contributed by atoms with van der Waals surface area (Å²) in [7, 11) is 0. The van der Waals surface area contributed by atoms with Gasteiger partial charge in [-0.2, -0.15) is 0 Å². The zero-order valence-corrected chi connectivity index (χ0v) is 11.0. The lowest BCUT2D eigenvalue weighted by Crippen LogP contribution is -2.17. The number of nitrogens with zero attached hydrogens (tertiary/aromatic N) is 1. The van der Waals surface area contributed by atoms with Gasteiger partial charge >= 0.3 is 0 Å². The number of nitrogens with one attached hydrogen (secondary N) is 2. The predicted octanol–water partition coefficient (Wildman–Crippen LogP) is 3.23. The van der Waals surface area contributed by atoms with Gasteiger partial charge in [-0.15, -0.1) is 0 Å². The monoisotopic (exact) mass is 249 g/mol. The highest BCUT2D eigenvalue weighted by atomic mass is 19.1. The number of hydrogen-bond acceptors (Lipinski definition) is 2. The molecule has 98 valence electrons. The predicted molar refractivity (Wildman–Crippen MR) is 71.8 cm³/mol. The molecule has 0 spiro atoms. The molecule has 1 aromatic heterocycles. The Bertz CT molecular complexity index is 507. The topological polar surface area (TPSA) is 40.7 Å². The average molecular weight is 249 g/mol. The van der Waals surface area contributed by atoms with Gasteiger partial charge in [0.2, 0.25) is 0 Å². The molecule has 0 saturated carbocycles. The SMILES string of the molecule is CCC(C)CCNCc1nc2ccc(F)cc2[nH]1. The van der Waals surface area contributed by atoms with Gasteiger partial charge in [0.25, 0.3) is 0 Å². The maximum absolute atomic E-state index is 13.0. The van der Waals surface area contributed by atoms with E-state index in [1.807, 2.05) is 0 Å². The van der Waals surface area contributed by atoms with E-state index in [2.05, 4.69) is 29.1 Å². The van der Waals surface area contributed by atoms with Crippen molar-refractivity contribution in [3.63, 3.8) is 0 Å². The van der Waals surface area contributed by atoms with Gasteiger partial charge in [-0.3, -0.25) is 0 Å². The first-order valence-corrected chi connectivity index (χ1v) is 6.54. The lowest BCUT2D eigenvalue weighted by Gasteiger charge is -2.07. The standard InChI is InChI=1S/C14H20FN3/c1-3-10(2)6-7-16-9-14-17-12-5-4-11(15)8-13(12)18-14/h4-5,8,10,16H,3,6-7,9H2,1-2H3,(H,17,18). The van der Waals surface area contributed by atoms with E-state index in [-0.39, 0.29) is 5.82 Å². The van der Waals surface area contributed by atoms with Gasteiger partial charge in [-0.25, -0.2) is 9.37 Å². The zero-order chi connectivity index (χ0) is 13.0. The van der Waals surface area contributed by atoms with Crippen LogP contribution in [0.15, 0.2) is 18.2 Å². The summed E-state index contributed by atoms with van der Waals surface area (Å²) in [5, 5.41) is 3.35. The number of H-pyrrole nitrogens is 1. The molecule has 0 amide bonds. The molecule has 0 aliphatic carbocycles. The van der Waals surface area contributed by atoms with Crippen molar-refractivity contribution < 1.29 is 4.39 Å². The molecule has 2 aromatic rings. The van der Waals surface area contributed by atoms with Gasteiger partial charge < -0.3 is 10.3 Å². The Morgan fingerprint density at radius 1 is 1.44 bits per heavy atom. The molecule has 0 fully saturated rings. The van der Waals surface area contributed by atoms with Crippen LogP contribution in [0.3, 0.4) is 0 Å². The first-order valence-electron chi connectivity index (χ1n) is 6.54. The Morgan fingerprint density at radius 2 is 2.28 bits per heavy atom. The van der Waals surface area contributed by atoms with E-state index in [4.69, 9.17) is 0 Å². The van der Waals surface area contributed by atoms with Crippen molar-refractivity contribution in [3.05, 3.63) is 29.8 Å². The van der Waals surface area contributed by atoms with Crippen molar-refractivity contribution >= 4 is 11.0 Å². The Labute approximate surface area is 107 Å². The molecule has 2 N–H and O–H groups in total. The lowest BCUT2D eigenvalue weighted by molar-refractivity contribution is 0.485. The van der Waals surface area contributed by atoms with Crippen LogP contribution in [0.1, 0.15) is 32.5 Å². The average Bonchev–Trinajstić information content (AvgIpc) is 2.76. The molecule has 0 aliphatic rings. The van der Waals surface area contributed by atoms with Crippen LogP contribution in [0.4, 0.5) is 4.39 Å². The smallest absolute Gasteiger partial charge is 0.125 e. The minimum atomic E-state index is -0.234. The molecule has 0 radical (unpaired) electrons. The van der Waals surface area contributed by atoms with E-state index in [1.54, 1.807) is 6.07 Å². The highest BCUT2D eigenvalue weighted by molar-refractivity contribution is 5.74. The van der Waals surface area contributed by atoms with Crippen molar-refractivity contribution in [2.24, 2.45) is 5.92 Å². The maximum atomic E-state index is 13.0. The van der Waals surface area contributed by atoms with Crippen LogP contribution in [0.2, 0.25) is 0 Å². The number of rotatable bonds is 6. The molecular weight excluding hydrogens is 229 g/mol. The number of benzene rings is 1.